The zero-order valence-corrected chi connectivity index (χ0v) is 46.3. The van der Waals surface area contributed by atoms with Crippen molar-refractivity contribution in [3.05, 3.63) is 56.2 Å². The van der Waals surface area contributed by atoms with E-state index in [2.05, 4.69) is 38.4 Å². The molecule has 0 saturated carbocycles. The van der Waals surface area contributed by atoms with Crippen molar-refractivity contribution < 1.29 is 64.3 Å². The summed E-state index contributed by atoms with van der Waals surface area (Å²) in [5.74, 6) is -1.24. The molecule has 2 aliphatic heterocycles. The topological polar surface area (TPSA) is 213 Å². The Balaban J connectivity index is 2.00. The molecule has 2 heterocycles. The van der Waals surface area contributed by atoms with E-state index in [1.54, 1.807) is 56.7 Å². The molecule has 1 saturated heterocycles. The highest BCUT2D eigenvalue weighted by Crippen LogP contribution is 2.36. The second-order valence-electron chi connectivity index (χ2n) is 20.6. The van der Waals surface area contributed by atoms with Crippen molar-refractivity contribution in [1.29, 1.82) is 0 Å². The number of aliphatic hydroxyl groups excluding tert-OH is 7. The fraction of sp³-hybridized carbons (Fsp3) is 0.774. The average Bonchev–Trinajstić information content (AvgIpc) is 3.65. The van der Waals surface area contributed by atoms with Gasteiger partial charge in [-0.25, -0.2) is 0 Å². The summed E-state index contributed by atoms with van der Waals surface area (Å²) in [5.41, 5.74) is 0.771. The Morgan fingerprint density at radius 3 is 2.09 bits per heavy atom. The summed E-state index contributed by atoms with van der Waals surface area (Å²) in [7, 11) is 1.50. The van der Waals surface area contributed by atoms with Crippen LogP contribution in [0.4, 0.5) is 0 Å². The highest BCUT2D eigenvalue weighted by atomic mass is 79.9. The molecular formula is C53H87Br2ClO13. The van der Waals surface area contributed by atoms with Gasteiger partial charge in [-0.3, -0.25) is 9.59 Å². The molecule has 0 aromatic carbocycles. The number of hydrogen-bond donors (Lipinski definition) is 7. The van der Waals surface area contributed by atoms with Crippen molar-refractivity contribution in [2.24, 2.45) is 17.3 Å². The van der Waals surface area contributed by atoms with Gasteiger partial charge in [0.2, 0.25) is 0 Å². The molecule has 0 amide bonds. The van der Waals surface area contributed by atoms with Gasteiger partial charge in [0.25, 0.3) is 0 Å². The largest absolute Gasteiger partial charge is 0.496 e. The molecule has 0 aromatic rings. The number of carbonyl (C=O) groups excluding carboxylic acids is 2. The van der Waals surface area contributed by atoms with Crippen molar-refractivity contribution in [1.82, 2.24) is 0 Å². The van der Waals surface area contributed by atoms with E-state index in [0.29, 0.717) is 49.0 Å². The lowest BCUT2D eigenvalue weighted by atomic mass is 9.75. The number of rotatable bonds is 29. The third kappa shape index (κ3) is 24.3. The van der Waals surface area contributed by atoms with Crippen LogP contribution in [0.5, 0.6) is 0 Å². The summed E-state index contributed by atoms with van der Waals surface area (Å²) in [5, 5.41) is 79.1. The molecule has 13 unspecified atom stereocenters. The standard InChI is InChI=1S/C53H87Br2ClO13/c1-33-20-39(57)22-34(2)23-41-29-46(69-51(65)27-40(58)21-33)52(68-41)45(61)24-35(3)25-48(62)53(6,7)49(63)30-44(60)37(5)43(59)28-42(26-36(4)47(32-55)66-8)67-50(64)19-17-15-13-11-9-10-12-14-16-18-38(56)31-54/h21,24,31-32,34,37,39-46,48-49,52,57-63H,4,9-20,22-23,25-30H2,1-3,5-8H3. The Morgan fingerprint density at radius 1 is 0.899 bits per heavy atom. The Bertz CT molecular complexity index is 1670. The molecule has 69 heavy (non-hydrogen) atoms. The number of unbranched alkanes of at least 4 members (excludes halogenated alkanes) is 8. The number of methoxy groups -OCH3 is 1. The summed E-state index contributed by atoms with van der Waals surface area (Å²) < 4.78 is 23.3. The summed E-state index contributed by atoms with van der Waals surface area (Å²) in [6.07, 6.45) is 4.92. The monoisotopic (exact) mass is 1120 g/mol. The van der Waals surface area contributed by atoms with Gasteiger partial charge in [-0.1, -0.05) is 146 Å². The van der Waals surface area contributed by atoms with Crippen molar-refractivity contribution in [2.75, 3.05) is 7.11 Å². The lowest BCUT2D eigenvalue weighted by Gasteiger charge is -2.38. The molecular weight excluding hydrogens is 1040 g/mol. The summed E-state index contributed by atoms with van der Waals surface area (Å²) in [4.78, 5) is 29.3. The maximum absolute atomic E-state index is 13.1. The van der Waals surface area contributed by atoms with Crippen LogP contribution in [0.3, 0.4) is 0 Å². The highest BCUT2D eigenvalue weighted by molar-refractivity contribution is 9.11. The van der Waals surface area contributed by atoms with Crippen LogP contribution in [0.1, 0.15) is 170 Å². The number of ether oxygens (including phenoxy) is 4. The molecule has 16 heteroatoms. The smallest absolute Gasteiger partial charge is 0.309 e. The van der Waals surface area contributed by atoms with Crippen LogP contribution in [0.15, 0.2) is 56.2 Å². The van der Waals surface area contributed by atoms with E-state index in [1.165, 1.54) is 20.0 Å². The molecule has 398 valence electrons. The SMILES string of the molecule is C=C(CC(CC(O)C(C)C(O)CC(O)C(C)(C)C(O)CC(C)=CC(O)C1OC2CC(C)CC(O)CC(C)=CC(O)CC(=O)OC1C2)OC(=O)CCCCCCCCCCCC(Cl)=CBr)C(=CBr)OC. The molecule has 2 rings (SSSR count). The summed E-state index contributed by atoms with van der Waals surface area (Å²) in [6, 6.07) is 0. The molecule has 7 N–H and O–H groups in total. The first-order chi connectivity index (χ1) is 32.5. The van der Waals surface area contributed by atoms with Crippen LogP contribution in [0, 0.1) is 17.3 Å². The number of halogens is 3. The van der Waals surface area contributed by atoms with Gasteiger partial charge in [0, 0.05) is 53.5 Å². The fourth-order valence-electron chi connectivity index (χ4n) is 9.28. The molecule has 0 aromatic heterocycles. The highest BCUT2D eigenvalue weighted by Gasteiger charge is 2.43. The van der Waals surface area contributed by atoms with Crippen LogP contribution in [-0.4, -0.2) is 122 Å². The Morgan fingerprint density at radius 2 is 1.49 bits per heavy atom. The molecule has 0 radical (unpaired) electrons. The van der Waals surface area contributed by atoms with Gasteiger partial charge in [-0.05, 0) is 75.3 Å². The number of allylic oxidation sites excluding steroid dienone is 2. The number of fused-ring (bicyclic) bond motifs is 2. The normalized spacial score (nSPS) is 25.6. The average molecular weight is 1130 g/mol. The van der Waals surface area contributed by atoms with Crippen LogP contribution in [-0.2, 0) is 28.5 Å². The molecule has 2 bridgehead atoms. The molecule has 2 aliphatic rings. The molecule has 13 nitrogen and oxygen atoms in total. The Hall–Kier alpha value is -1.63. The maximum Gasteiger partial charge on any atom is 0.309 e. The zero-order chi connectivity index (χ0) is 51.8. The van der Waals surface area contributed by atoms with E-state index < -0.39 is 78.3 Å². The van der Waals surface area contributed by atoms with Crippen molar-refractivity contribution in [3.63, 3.8) is 0 Å². The molecule has 1 fully saturated rings. The van der Waals surface area contributed by atoms with Gasteiger partial charge in [0.05, 0.1) is 56.3 Å². The van der Waals surface area contributed by atoms with Crippen LogP contribution in [0.25, 0.3) is 0 Å². The second kappa shape index (κ2) is 33.2. The number of hydrogen-bond acceptors (Lipinski definition) is 13. The Labute approximate surface area is 435 Å². The summed E-state index contributed by atoms with van der Waals surface area (Å²) in [6.45, 7) is 14.6. The maximum atomic E-state index is 13.1. The van der Waals surface area contributed by atoms with Gasteiger partial charge in [-0.15, -0.1) is 0 Å². The van der Waals surface area contributed by atoms with E-state index in [4.69, 9.17) is 30.5 Å². The number of aliphatic hydroxyl groups is 7. The van der Waals surface area contributed by atoms with Gasteiger partial charge < -0.3 is 54.7 Å². The van der Waals surface area contributed by atoms with E-state index in [9.17, 15) is 45.3 Å². The summed E-state index contributed by atoms with van der Waals surface area (Å²) >= 11 is 12.6. The minimum Gasteiger partial charge on any atom is -0.496 e. The van der Waals surface area contributed by atoms with Gasteiger partial charge in [0.1, 0.15) is 30.2 Å². The van der Waals surface area contributed by atoms with Crippen LogP contribution in [0.2, 0.25) is 0 Å². The first-order valence-electron chi connectivity index (χ1n) is 25.1. The van der Waals surface area contributed by atoms with E-state index in [1.807, 2.05) is 6.92 Å². The van der Waals surface area contributed by atoms with Crippen LogP contribution < -0.4 is 0 Å². The molecule has 0 aliphatic carbocycles. The quantitative estimate of drug-likeness (QED) is 0.0122. The van der Waals surface area contributed by atoms with Gasteiger partial charge in [-0.2, -0.15) is 0 Å². The lowest BCUT2D eigenvalue weighted by molar-refractivity contribution is -0.156. The number of esters is 2. The molecule has 0 spiro atoms. The fourth-order valence-corrected chi connectivity index (χ4v) is 10.2. The zero-order valence-electron chi connectivity index (χ0n) is 42.4. The van der Waals surface area contributed by atoms with E-state index in [0.717, 1.165) is 55.6 Å². The predicted octanol–water partition coefficient (Wildman–Crippen LogP) is 10.0. The van der Waals surface area contributed by atoms with Crippen molar-refractivity contribution >= 4 is 55.4 Å². The first kappa shape index (κ1) is 63.5. The minimum atomic E-state index is -1.22. The Kier molecular flexibility index (Phi) is 30.6. The molecule has 13 atom stereocenters. The second-order valence-corrected chi connectivity index (χ2v) is 22.0. The lowest BCUT2D eigenvalue weighted by Crippen LogP contribution is -2.44. The predicted molar refractivity (Wildman–Crippen MR) is 278 cm³/mol. The van der Waals surface area contributed by atoms with Crippen molar-refractivity contribution in [3.8, 4) is 0 Å². The van der Waals surface area contributed by atoms with Gasteiger partial charge >= 0.3 is 11.9 Å². The van der Waals surface area contributed by atoms with Crippen molar-refractivity contribution in [2.45, 2.75) is 237 Å². The number of carbonyl (C=O) groups is 2. The first-order valence-corrected chi connectivity index (χ1v) is 27.3. The van der Waals surface area contributed by atoms with Gasteiger partial charge in [0.15, 0.2) is 0 Å². The minimum absolute atomic E-state index is 0.00194. The van der Waals surface area contributed by atoms with Crippen LogP contribution >= 0.6 is 43.5 Å². The third-order valence-corrected chi connectivity index (χ3v) is 15.3. The van der Waals surface area contributed by atoms with E-state index >= 15 is 0 Å². The van der Waals surface area contributed by atoms with E-state index in [-0.39, 0.29) is 56.5 Å². The third-order valence-electron chi connectivity index (χ3n) is 13.8.